The number of rotatable bonds is 3. The Balaban J connectivity index is 1.95. The molecule has 5 nitrogen and oxygen atoms in total. The van der Waals surface area contributed by atoms with Crippen LogP contribution in [0.4, 0.5) is 5.69 Å². The van der Waals surface area contributed by atoms with E-state index >= 15 is 0 Å². The van der Waals surface area contributed by atoms with Crippen LogP contribution in [-0.4, -0.2) is 21.9 Å². The average Bonchev–Trinajstić information content (AvgIpc) is 2.99. The highest BCUT2D eigenvalue weighted by atomic mass is 35.5. The van der Waals surface area contributed by atoms with Crippen molar-refractivity contribution in [2.24, 2.45) is 0 Å². The number of benzene rings is 3. The summed E-state index contributed by atoms with van der Waals surface area (Å²) >= 11 is 12.0. The molecule has 1 aliphatic rings. The number of nitrogens with zero attached hydrogens (tertiary/aromatic N) is 1. The number of amides is 1. The van der Waals surface area contributed by atoms with Gasteiger partial charge in [0.15, 0.2) is 0 Å². The quantitative estimate of drug-likeness (QED) is 0.328. The second kappa shape index (κ2) is 7.86. The van der Waals surface area contributed by atoms with Crippen LogP contribution in [0.15, 0.2) is 78.4 Å². The highest BCUT2D eigenvalue weighted by Crippen LogP contribution is 2.42. The molecule has 3 aromatic rings. The Labute approximate surface area is 182 Å². The summed E-state index contributed by atoms with van der Waals surface area (Å²) < 4.78 is 0. The number of aliphatic hydroxyl groups is 1. The molecule has 7 heteroatoms. The van der Waals surface area contributed by atoms with Gasteiger partial charge in [0.25, 0.3) is 11.7 Å². The van der Waals surface area contributed by atoms with Crippen LogP contribution in [0, 0.1) is 0 Å². The minimum Gasteiger partial charge on any atom is -0.508 e. The number of carbonyl (C=O) groups is 2. The first-order chi connectivity index (χ1) is 14.4. The normalized spacial score (nSPS) is 18.1. The highest BCUT2D eigenvalue weighted by Gasteiger charge is 2.47. The Morgan fingerprint density at radius 1 is 0.867 bits per heavy atom. The molecule has 0 saturated carbocycles. The van der Waals surface area contributed by atoms with Crippen molar-refractivity contribution in [2.75, 3.05) is 4.90 Å². The Kier molecular flexibility index (Phi) is 5.24. The Morgan fingerprint density at radius 3 is 2.17 bits per heavy atom. The SMILES string of the molecule is O=C1C(=O)N(c2cccc(Cl)c2)C(c2ccc(O)cc2)/C1=C(\O)c1ccc(Cl)cc1. The lowest BCUT2D eigenvalue weighted by Crippen LogP contribution is -2.29. The fourth-order valence-corrected chi connectivity index (χ4v) is 3.77. The second-order valence-corrected chi connectivity index (χ2v) is 7.62. The third-order valence-corrected chi connectivity index (χ3v) is 5.34. The van der Waals surface area contributed by atoms with Crippen LogP contribution in [0.3, 0.4) is 0 Å². The molecule has 1 amide bonds. The molecular weight excluding hydrogens is 425 g/mol. The summed E-state index contributed by atoms with van der Waals surface area (Å²) in [6, 6.07) is 18.1. The molecule has 0 aliphatic carbocycles. The van der Waals surface area contributed by atoms with Crippen LogP contribution in [0.5, 0.6) is 5.75 Å². The molecule has 0 radical (unpaired) electrons. The number of ketones is 1. The minimum absolute atomic E-state index is 0.0381. The number of phenolic OH excluding ortho intramolecular Hbond substituents is 1. The number of Topliss-reactive ketones (excluding diaryl/α,β-unsaturated/α-hetero) is 1. The Bertz CT molecular complexity index is 1170. The molecule has 0 aromatic heterocycles. The topological polar surface area (TPSA) is 77.8 Å². The van der Waals surface area contributed by atoms with E-state index in [1.165, 1.54) is 17.0 Å². The molecule has 0 spiro atoms. The first-order valence-electron chi connectivity index (χ1n) is 8.98. The molecule has 2 N–H and O–H groups in total. The Morgan fingerprint density at radius 2 is 1.53 bits per heavy atom. The lowest BCUT2D eigenvalue weighted by molar-refractivity contribution is -0.132. The minimum atomic E-state index is -0.903. The first-order valence-corrected chi connectivity index (χ1v) is 9.74. The third kappa shape index (κ3) is 3.54. The van der Waals surface area contributed by atoms with Crippen molar-refractivity contribution in [3.05, 3.63) is 99.5 Å². The number of phenols is 1. The van der Waals surface area contributed by atoms with Crippen LogP contribution in [-0.2, 0) is 9.59 Å². The van der Waals surface area contributed by atoms with E-state index in [1.54, 1.807) is 60.7 Å². The molecule has 0 bridgehead atoms. The van der Waals surface area contributed by atoms with Crippen molar-refractivity contribution in [3.8, 4) is 5.75 Å². The van der Waals surface area contributed by atoms with E-state index in [4.69, 9.17) is 23.2 Å². The largest absolute Gasteiger partial charge is 0.508 e. The van der Waals surface area contributed by atoms with Gasteiger partial charge in [0, 0.05) is 21.3 Å². The van der Waals surface area contributed by atoms with Gasteiger partial charge in [-0.25, -0.2) is 0 Å². The fraction of sp³-hybridized carbons (Fsp3) is 0.0435. The Hall–Kier alpha value is -3.28. The van der Waals surface area contributed by atoms with Crippen molar-refractivity contribution >= 4 is 46.3 Å². The van der Waals surface area contributed by atoms with Gasteiger partial charge in [-0.2, -0.15) is 0 Å². The maximum atomic E-state index is 13.0. The number of halogens is 2. The smallest absolute Gasteiger partial charge is 0.300 e. The van der Waals surface area contributed by atoms with Crippen LogP contribution < -0.4 is 4.90 Å². The van der Waals surface area contributed by atoms with Gasteiger partial charge in [-0.3, -0.25) is 14.5 Å². The summed E-state index contributed by atoms with van der Waals surface area (Å²) in [6.45, 7) is 0. The summed E-state index contributed by atoms with van der Waals surface area (Å²) in [5.41, 5.74) is 1.25. The summed E-state index contributed by atoms with van der Waals surface area (Å²) in [5.74, 6) is -1.88. The van der Waals surface area contributed by atoms with Crippen molar-refractivity contribution < 1.29 is 19.8 Å². The van der Waals surface area contributed by atoms with E-state index in [1.807, 2.05) is 0 Å². The zero-order valence-corrected chi connectivity index (χ0v) is 16.9. The van der Waals surface area contributed by atoms with Gasteiger partial charge in [0.05, 0.1) is 11.6 Å². The number of carbonyl (C=O) groups excluding carboxylic acids is 2. The third-order valence-electron chi connectivity index (χ3n) is 4.86. The van der Waals surface area contributed by atoms with E-state index in [0.717, 1.165) is 0 Å². The molecule has 3 aromatic carbocycles. The second-order valence-electron chi connectivity index (χ2n) is 6.75. The van der Waals surface area contributed by atoms with Gasteiger partial charge >= 0.3 is 0 Å². The van der Waals surface area contributed by atoms with E-state index in [2.05, 4.69) is 0 Å². The molecule has 1 atom stereocenters. The summed E-state index contributed by atoms with van der Waals surface area (Å²) in [5, 5.41) is 21.5. The number of hydrogen-bond donors (Lipinski definition) is 2. The van der Waals surface area contributed by atoms with E-state index in [-0.39, 0.29) is 17.1 Å². The van der Waals surface area contributed by atoms with Crippen molar-refractivity contribution in [2.45, 2.75) is 6.04 Å². The highest BCUT2D eigenvalue weighted by molar-refractivity contribution is 6.51. The molecule has 1 unspecified atom stereocenters. The summed E-state index contributed by atoms with van der Waals surface area (Å²) in [7, 11) is 0. The lowest BCUT2D eigenvalue weighted by Gasteiger charge is -2.25. The number of anilines is 1. The number of aromatic hydroxyl groups is 1. The average molecular weight is 440 g/mol. The zero-order chi connectivity index (χ0) is 21.4. The van der Waals surface area contributed by atoms with Crippen LogP contribution in [0.1, 0.15) is 17.2 Å². The predicted octanol–water partition coefficient (Wildman–Crippen LogP) is 5.33. The zero-order valence-electron chi connectivity index (χ0n) is 15.4. The number of hydrogen-bond acceptors (Lipinski definition) is 4. The molecular formula is C23H15Cl2NO4. The first kappa shape index (κ1) is 20.0. The maximum absolute atomic E-state index is 13.0. The van der Waals surface area contributed by atoms with Crippen LogP contribution >= 0.6 is 23.2 Å². The van der Waals surface area contributed by atoms with E-state index < -0.39 is 17.7 Å². The monoisotopic (exact) mass is 439 g/mol. The van der Waals surface area contributed by atoms with Gasteiger partial charge in [-0.05, 0) is 60.2 Å². The standard InChI is InChI=1S/C23H15Cl2NO4/c24-15-8-4-14(5-9-15)21(28)19-20(13-6-10-18(27)11-7-13)26(23(30)22(19)29)17-3-1-2-16(25)12-17/h1-12,20,27-28H/b21-19+. The molecule has 150 valence electrons. The molecule has 30 heavy (non-hydrogen) atoms. The van der Waals surface area contributed by atoms with E-state index in [9.17, 15) is 19.8 Å². The summed E-state index contributed by atoms with van der Waals surface area (Å²) in [4.78, 5) is 27.3. The van der Waals surface area contributed by atoms with Gasteiger partial charge in [-0.1, -0.05) is 41.4 Å². The fourth-order valence-electron chi connectivity index (χ4n) is 3.46. The van der Waals surface area contributed by atoms with Crippen molar-refractivity contribution in [1.82, 2.24) is 0 Å². The van der Waals surface area contributed by atoms with Gasteiger partial charge < -0.3 is 10.2 Å². The van der Waals surface area contributed by atoms with Crippen LogP contribution in [0.2, 0.25) is 10.0 Å². The molecule has 4 rings (SSSR count). The van der Waals surface area contributed by atoms with Gasteiger partial charge in [0.2, 0.25) is 0 Å². The van der Waals surface area contributed by atoms with Crippen molar-refractivity contribution in [3.63, 3.8) is 0 Å². The van der Waals surface area contributed by atoms with Crippen molar-refractivity contribution in [1.29, 1.82) is 0 Å². The van der Waals surface area contributed by atoms with Gasteiger partial charge in [-0.15, -0.1) is 0 Å². The maximum Gasteiger partial charge on any atom is 0.300 e. The molecule has 1 fully saturated rings. The molecule has 1 aliphatic heterocycles. The molecule has 1 heterocycles. The lowest BCUT2D eigenvalue weighted by atomic mass is 9.95. The van der Waals surface area contributed by atoms with Gasteiger partial charge in [0.1, 0.15) is 11.5 Å². The molecule has 1 saturated heterocycles. The predicted molar refractivity (Wildman–Crippen MR) is 116 cm³/mol. The number of aliphatic hydroxyl groups excluding tert-OH is 1. The van der Waals surface area contributed by atoms with Crippen LogP contribution in [0.25, 0.3) is 5.76 Å². The summed E-state index contributed by atoms with van der Waals surface area (Å²) in [6.07, 6.45) is 0. The van der Waals surface area contributed by atoms with E-state index in [0.29, 0.717) is 26.9 Å².